The van der Waals surface area contributed by atoms with Gasteiger partial charge in [0.05, 0.1) is 21.1 Å². The van der Waals surface area contributed by atoms with Crippen LogP contribution in [0.25, 0.3) is 16.7 Å². The van der Waals surface area contributed by atoms with Gasteiger partial charge in [-0.3, -0.25) is 4.57 Å². The van der Waals surface area contributed by atoms with Crippen LogP contribution < -0.4 is 0 Å². The first-order chi connectivity index (χ1) is 9.49. The number of hydrogen-bond acceptors (Lipinski definition) is 1. The molecule has 0 saturated carbocycles. The Morgan fingerprint density at radius 1 is 1.10 bits per heavy atom. The van der Waals surface area contributed by atoms with Crippen LogP contribution in [-0.2, 0) is 0 Å². The van der Waals surface area contributed by atoms with E-state index in [-0.39, 0.29) is 15.5 Å². The third kappa shape index (κ3) is 2.02. The number of aromatic amines is 1. The lowest BCUT2D eigenvalue weighted by atomic mass is 10.2. The number of benzene rings is 2. The maximum absolute atomic E-state index is 14.1. The molecule has 0 amide bonds. The molecule has 0 aliphatic heterocycles. The van der Waals surface area contributed by atoms with Crippen molar-refractivity contribution in [1.29, 1.82) is 0 Å². The van der Waals surface area contributed by atoms with Gasteiger partial charge in [-0.15, -0.1) is 0 Å². The minimum atomic E-state index is -0.813. The molecule has 0 aliphatic carbocycles. The summed E-state index contributed by atoms with van der Waals surface area (Å²) >= 11 is 17.3. The first-order valence-electron chi connectivity index (χ1n) is 5.53. The maximum atomic E-state index is 14.1. The number of imidazole rings is 1. The van der Waals surface area contributed by atoms with Gasteiger partial charge in [-0.1, -0.05) is 29.3 Å². The molecule has 1 heterocycles. The van der Waals surface area contributed by atoms with Crippen molar-refractivity contribution in [2.45, 2.75) is 0 Å². The number of H-pyrrole nitrogens is 1. The molecule has 0 unspecified atom stereocenters. The molecule has 20 heavy (non-hydrogen) atoms. The Bertz CT molecular complexity index is 863. The Morgan fingerprint density at radius 3 is 2.55 bits per heavy atom. The number of nitrogens with one attached hydrogen (secondary N) is 1. The van der Waals surface area contributed by atoms with Gasteiger partial charge in [0.1, 0.15) is 11.5 Å². The first-order valence-corrected chi connectivity index (χ1v) is 6.69. The highest BCUT2D eigenvalue weighted by Crippen LogP contribution is 2.31. The Kier molecular flexibility index (Phi) is 3.28. The van der Waals surface area contributed by atoms with E-state index in [0.717, 1.165) is 12.1 Å². The van der Waals surface area contributed by atoms with Crippen molar-refractivity contribution < 1.29 is 8.78 Å². The van der Waals surface area contributed by atoms with Gasteiger partial charge in [0, 0.05) is 6.07 Å². The molecule has 0 aliphatic rings. The Hall–Kier alpha value is -1.43. The zero-order chi connectivity index (χ0) is 14.4. The van der Waals surface area contributed by atoms with Crippen LogP contribution in [0.2, 0.25) is 10.0 Å². The topological polar surface area (TPSA) is 20.7 Å². The second-order valence-corrected chi connectivity index (χ2v) is 5.32. The van der Waals surface area contributed by atoms with E-state index in [1.54, 1.807) is 18.2 Å². The van der Waals surface area contributed by atoms with Gasteiger partial charge in [0.2, 0.25) is 0 Å². The van der Waals surface area contributed by atoms with Crippen LogP contribution in [0.5, 0.6) is 0 Å². The van der Waals surface area contributed by atoms with Gasteiger partial charge in [0.25, 0.3) is 0 Å². The Labute approximate surface area is 127 Å². The van der Waals surface area contributed by atoms with Gasteiger partial charge < -0.3 is 4.98 Å². The normalized spacial score (nSPS) is 11.2. The van der Waals surface area contributed by atoms with Gasteiger partial charge in [0.15, 0.2) is 10.6 Å². The lowest BCUT2D eigenvalue weighted by Gasteiger charge is -2.09. The molecule has 0 radical (unpaired) electrons. The Morgan fingerprint density at radius 2 is 1.85 bits per heavy atom. The molecule has 0 atom stereocenters. The second-order valence-electron chi connectivity index (χ2n) is 4.12. The molecule has 0 spiro atoms. The van der Waals surface area contributed by atoms with Crippen molar-refractivity contribution in [2.24, 2.45) is 0 Å². The molecular weight excluding hydrogens is 325 g/mol. The third-order valence-corrected chi connectivity index (χ3v) is 3.74. The lowest BCUT2D eigenvalue weighted by molar-refractivity contribution is 0.578. The third-order valence-electron chi connectivity index (χ3n) is 2.86. The SMILES string of the molecule is Fc1cc(F)c(-n2c(=S)[nH]c3cccc(Cl)c32)c(Cl)c1. The fourth-order valence-corrected chi connectivity index (χ4v) is 2.91. The minimum absolute atomic E-state index is 0.0302. The number of hydrogen-bond donors (Lipinski definition) is 1. The van der Waals surface area contributed by atoms with Crippen LogP contribution in [0.15, 0.2) is 30.3 Å². The number of rotatable bonds is 1. The molecule has 2 nitrogen and oxygen atoms in total. The van der Waals surface area contributed by atoms with Crippen LogP contribution in [0.1, 0.15) is 0 Å². The van der Waals surface area contributed by atoms with Crippen molar-refractivity contribution in [3.8, 4) is 5.69 Å². The second kappa shape index (κ2) is 4.84. The molecule has 1 N–H and O–H groups in total. The fraction of sp³-hybridized carbons (Fsp3) is 0. The summed E-state index contributed by atoms with van der Waals surface area (Å²) < 4.78 is 28.8. The Balaban J connectivity index is 2.48. The fourth-order valence-electron chi connectivity index (χ4n) is 2.08. The van der Waals surface area contributed by atoms with E-state index >= 15 is 0 Å². The minimum Gasteiger partial charge on any atom is -0.330 e. The molecule has 7 heteroatoms. The summed E-state index contributed by atoms with van der Waals surface area (Å²) in [5.74, 6) is -1.57. The molecule has 3 aromatic rings. The number of nitrogens with zero attached hydrogens (tertiary/aromatic N) is 1. The van der Waals surface area contributed by atoms with E-state index in [1.165, 1.54) is 4.57 Å². The van der Waals surface area contributed by atoms with E-state index in [1.807, 2.05) is 0 Å². The highest BCUT2D eigenvalue weighted by molar-refractivity contribution is 7.71. The van der Waals surface area contributed by atoms with Crippen molar-refractivity contribution >= 4 is 46.5 Å². The summed E-state index contributed by atoms with van der Waals surface area (Å²) in [5.41, 5.74) is 1.10. The quantitative estimate of drug-likeness (QED) is 0.602. The predicted molar refractivity (Wildman–Crippen MR) is 78.4 cm³/mol. The van der Waals surface area contributed by atoms with E-state index in [2.05, 4.69) is 4.98 Å². The molecule has 0 fully saturated rings. The van der Waals surface area contributed by atoms with E-state index in [0.29, 0.717) is 16.1 Å². The van der Waals surface area contributed by atoms with Crippen molar-refractivity contribution in [1.82, 2.24) is 9.55 Å². The summed E-state index contributed by atoms with van der Waals surface area (Å²) in [7, 11) is 0. The summed E-state index contributed by atoms with van der Waals surface area (Å²) in [4.78, 5) is 2.91. The van der Waals surface area contributed by atoms with E-state index < -0.39 is 11.6 Å². The summed E-state index contributed by atoms with van der Waals surface area (Å²) in [5, 5.41) is 0.300. The van der Waals surface area contributed by atoms with Crippen molar-refractivity contribution in [2.75, 3.05) is 0 Å². The molecule has 102 valence electrons. The zero-order valence-corrected chi connectivity index (χ0v) is 12.1. The number of aromatic nitrogens is 2. The van der Waals surface area contributed by atoms with Crippen LogP contribution >= 0.6 is 35.4 Å². The molecule has 1 aromatic heterocycles. The summed E-state index contributed by atoms with van der Waals surface area (Å²) in [6, 6.07) is 6.92. The van der Waals surface area contributed by atoms with Crippen LogP contribution in [-0.4, -0.2) is 9.55 Å². The zero-order valence-electron chi connectivity index (χ0n) is 9.75. The largest absolute Gasteiger partial charge is 0.330 e. The van der Waals surface area contributed by atoms with Gasteiger partial charge in [-0.05, 0) is 30.4 Å². The van der Waals surface area contributed by atoms with Gasteiger partial charge >= 0.3 is 0 Å². The predicted octanol–water partition coefficient (Wildman–Crippen LogP) is 5.27. The lowest BCUT2D eigenvalue weighted by Crippen LogP contribution is -2.00. The summed E-state index contributed by atoms with van der Waals surface area (Å²) in [6.45, 7) is 0. The molecule has 2 aromatic carbocycles. The molecule has 0 saturated heterocycles. The first kappa shape index (κ1) is 13.5. The highest BCUT2D eigenvalue weighted by Gasteiger charge is 2.17. The van der Waals surface area contributed by atoms with Crippen molar-refractivity contribution in [3.05, 3.63) is 56.8 Å². The average molecular weight is 331 g/mol. The van der Waals surface area contributed by atoms with Crippen LogP contribution in [0.4, 0.5) is 8.78 Å². The van der Waals surface area contributed by atoms with Crippen LogP contribution in [0.3, 0.4) is 0 Å². The molecule has 3 rings (SSSR count). The van der Waals surface area contributed by atoms with E-state index in [9.17, 15) is 8.78 Å². The molecule has 0 bridgehead atoms. The number of para-hydroxylation sites is 1. The van der Waals surface area contributed by atoms with E-state index in [4.69, 9.17) is 35.4 Å². The average Bonchev–Trinajstić information content (AvgIpc) is 2.66. The number of fused-ring (bicyclic) bond motifs is 1. The maximum Gasteiger partial charge on any atom is 0.182 e. The smallest absolute Gasteiger partial charge is 0.182 e. The summed E-state index contributed by atoms with van der Waals surface area (Å²) in [6.07, 6.45) is 0. The highest BCUT2D eigenvalue weighted by atomic mass is 35.5. The number of halogens is 4. The molecular formula is C13H6Cl2F2N2S. The van der Waals surface area contributed by atoms with Crippen molar-refractivity contribution in [3.63, 3.8) is 0 Å². The standard InChI is InChI=1S/C13H6Cl2F2N2S/c14-7-2-1-3-10-12(7)19(13(20)18-10)11-8(15)4-6(16)5-9(11)17/h1-5H,(H,18,20). The van der Waals surface area contributed by atoms with Crippen LogP contribution in [0, 0.1) is 16.4 Å². The van der Waals surface area contributed by atoms with Gasteiger partial charge in [-0.25, -0.2) is 8.78 Å². The van der Waals surface area contributed by atoms with Gasteiger partial charge in [-0.2, -0.15) is 0 Å². The monoisotopic (exact) mass is 330 g/mol.